The van der Waals surface area contributed by atoms with Gasteiger partial charge in [-0.15, -0.1) is 0 Å². The number of ether oxygens (including phenoxy) is 3. The Bertz CT molecular complexity index is 891. The van der Waals surface area contributed by atoms with E-state index in [1.807, 2.05) is 18.5 Å². The molecule has 0 radical (unpaired) electrons. The van der Waals surface area contributed by atoms with Crippen molar-refractivity contribution in [1.29, 1.82) is 0 Å². The van der Waals surface area contributed by atoms with Crippen molar-refractivity contribution in [3.63, 3.8) is 0 Å². The molecule has 0 amide bonds. The van der Waals surface area contributed by atoms with Gasteiger partial charge in [0.1, 0.15) is 16.9 Å². The normalized spacial score (nSPS) is 20.3. The van der Waals surface area contributed by atoms with E-state index in [-0.39, 0.29) is 23.9 Å². The van der Waals surface area contributed by atoms with Crippen LogP contribution < -0.4 is 9.47 Å². The van der Waals surface area contributed by atoms with E-state index in [4.69, 9.17) is 37.4 Å². The fraction of sp³-hybridized carbons (Fsp3) is 0.636. The van der Waals surface area contributed by atoms with Crippen LogP contribution in [0.1, 0.15) is 52.9 Å². The highest BCUT2D eigenvalue weighted by Gasteiger charge is 2.26. The van der Waals surface area contributed by atoms with Gasteiger partial charge in [-0.1, -0.05) is 30.1 Å². The number of ketones is 1. The molecule has 8 heteroatoms. The number of nitrogens with zero attached hydrogens (tertiary/aromatic N) is 2. The second-order valence-electron chi connectivity index (χ2n) is 8.12. The molecule has 6 nitrogen and oxygen atoms in total. The van der Waals surface area contributed by atoms with Gasteiger partial charge in [0, 0.05) is 20.1 Å². The minimum absolute atomic E-state index is 0.0793. The zero-order chi connectivity index (χ0) is 21.8. The van der Waals surface area contributed by atoms with Crippen molar-refractivity contribution in [2.24, 2.45) is 13.0 Å². The number of rotatable bonds is 9. The minimum atomic E-state index is 0.0793. The molecule has 166 valence electrons. The number of Topliss-reactive ketones (excluding diaryl/α,β-unsaturated/α-hetero) is 1. The SMILES string of the molecule is CCOc1c(Cl)cc2nc(OC3CCC(OC[C@H](C)CC(C)=O)CC3)n(C)c2c1Cl. The van der Waals surface area contributed by atoms with E-state index in [0.717, 1.165) is 31.2 Å². The molecule has 0 bridgehead atoms. The lowest BCUT2D eigenvalue weighted by Gasteiger charge is -2.29. The molecule has 1 heterocycles. The quantitative estimate of drug-likeness (QED) is 0.491. The Balaban J connectivity index is 1.60. The molecule has 1 saturated carbocycles. The summed E-state index contributed by atoms with van der Waals surface area (Å²) in [6.07, 6.45) is 4.53. The van der Waals surface area contributed by atoms with E-state index in [9.17, 15) is 4.79 Å². The van der Waals surface area contributed by atoms with Crippen LogP contribution in [-0.4, -0.2) is 40.8 Å². The van der Waals surface area contributed by atoms with Crippen molar-refractivity contribution in [3.8, 4) is 11.8 Å². The molecule has 0 N–H and O–H groups in total. The van der Waals surface area contributed by atoms with Crippen LogP contribution in [-0.2, 0) is 16.6 Å². The Kier molecular flexibility index (Phi) is 7.88. The number of hydrogen-bond acceptors (Lipinski definition) is 5. The average Bonchev–Trinajstić information content (AvgIpc) is 2.99. The largest absolute Gasteiger partial charge is 0.491 e. The summed E-state index contributed by atoms with van der Waals surface area (Å²) in [7, 11) is 1.88. The number of halogens is 2. The lowest BCUT2D eigenvalue weighted by molar-refractivity contribution is -0.118. The number of aryl methyl sites for hydroxylation is 1. The van der Waals surface area contributed by atoms with Gasteiger partial charge in [-0.05, 0) is 51.5 Å². The summed E-state index contributed by atoms with van der Waals surface area (Å²) in [5.74, 6) is 0.939. The van der Waals surface area contributed by atoms with Crippen LogP contribution in [0.4, 0.5) is 0 Å². The Morgan fingerprint density at radius 3 is 2.57 bits per heavy atom. The highest BCUT2D eigenvalue weighted by molar-refractivity contribution is 6.40. The van der Waals surface area contributed by atoms with Gasteiger partial charge in [-0.2, -0.15) is 4.98 Å². The molecule has 3 rings (SSSR count). The number of benzene rings is 1. The van der Waals surface area contributed by atoms with Gasteiger partial charge in [0.25, 0.3) is 6.01 Å². The first-order valence-corrected chi connectivity index (χ1v) is 11.3. The van der Waals surface area contributed by atoms with Gasteiger partial charge < -0.3 is 19.0 Å². The molecule has 0 aliphatic heterocycles. The summed E-state index contributed by atoms with van der Waals surface area (Å²) in [5, 5.41) is 0.886. The van der Waals surface area contributed by atoms with Gasteiger partial charge in [0.05, 0.1) is 28.8 Å². The van der Waals surface area contributed by atoms with Crippen molar-refractivity contribution < 1.29 is 19.0 Å². The van der Waals surface area contributed by atoms with Gasteiger partial charge in [-0.25, -0.2) is 0 Å². The first kappa shape index (κ1) is 23.2. The summed E-state index contributed by atoms with van der Waals surface area (Å²) >= 11 is 12.8. The molecule has 0 unspecified atom stereocenters. The number of aromatic nitrogens is 2. The molecular weight excluding hydrogens is 427 g/mol. The third-order valence-corrected chi connectivity index (χ3v) is 6.03. The maximum absolute atomic E-state index is 11.2. The molecule has 0 spiro atoms. The molecule has 1 aliphatic rings. The van der Waals surface area contributed by atoms with Crippen LogP contribution in [0.2, 0.25) is 10.0 Å². The molecule has 1 aliphatic carbocycles. The van der Waals surface area contributed by atoms with E-state index >= 15 is 0 Å². The van der Waals surface area contributed by atoms with Crippen LogP contribution in [0.25, 0.3) is 11.0 Å². The topological polar surface area (TPSA) is 62.6 Å². The van der Waals surface area contributed by atoms with E-state index in [1.54, 1.807) is 13.0 Å². The van der Waals surface area contributed by atoms with E-state index in [1.165, 1.54) is 0 Å². The summed E-state index contributed by atoms with van der Waals surface area (Å²) in [5.41, 5.74) is 1.43. The highest BCUT2D eigenvalue weighted by Crippen LogP contribution is 2.40. The molecule has 1 aromatic heterocycles. The third-order valence-electron chi connectivity index (χ3n) is 5.40. The molecular formula is C22H30Cl2N2O4. The molecule has 2 aromatic rings. The number of carbonyl (C=O) groups is 1. The first-order valence-electron chi connectivity index (χ1n) is 10.5. The molecule has 30 heavy (non-hydrogen) atoms. The fourth-order valence-electron chi connectivity index (χ4n) is 3.95. The van der Waals surface area contributed by atoms with Crippen molar-refractivity contribution in [3.05, 3.63) is 16.1 Å². The molecule has 1 atom stereocenters. The van der Waals surface area contributed by atoms with Crippen molar-refractivity contribution >= 4 is 40.0 Å². The number of carbonyl (C=O) groups excluding carboxylic acids is 1. The summed E-state index contributed by atoms with van der Waals surface area (Å²) in [6.45, 7) is 6.67. The van der Waals surface area contributed by atoms with Crippen LogP contribution in [0, 0.1) is 5.92 Å². The van der Waals surface area contributed by atoms with Crippen LogP contribution in [0.5, 0.6) is 11.8 Å². The number of imidazole rings is 1. The van der Waals surface area contributed by atoms with Gasteiger partial charge >= 0.3 is 0 Å². The minimum Gasteiger partial charge on any atom is -0.491 e. The molecule has 1 fully saturated rings. The van der Waals surface area contributed by atoms with Crippen LogP contribution in [0.15, 0.2) is 6.07 Å². The predicted molar refractivity (Wildman–Crippen MR) is 119 cm³/mol. The standard InChI is InChI=1S/C22H30Cl2N2O4/c1-5-28-21-17(23)11-18-20(19(21)24)26(4)22(25-18)30-16-8-6-15(7-9-16)29-12-13(2)10-14(3)27/h11,13,15-16H,5-10,12H2,1-4H3/t13-,15?,16?/m1/s1. The molecule has 0 saturated heterocycles. The second-order valence-corrected chi connectivity index (χ2v) is 8.90. The average molecular weight is 457 g/mol. The second kappa shape index (κ2) is 10.2. The Labute approximate surface area is 187 Å². The van der Waals surface area contributed by atoms with Crippen molar-refractivity contribution in [2.45, 2.75) is 65.1 Å². The lowest BCUT2D eigenvalue weighted by Crippen LogP contribution is -2.30. The Morgan fingerprint density at radius 1 is 1.27 bits per heavy atom. The monoisotopic (exact) mass is 456 g/mol. The van der Waals surface area contributed by atoms with E-state index in [0.29, 0.717) is 47.0 Å². The zero-order valence-electron chi connectivity index (χ0n) is 18.0. The van der Waals surface area contributed by atoms with Gasteiger partial charge in [0.15, 0.2) is 5.75 Å². The van der Waals surface area contributed by atoms with Crippen LogP contribution >= 0.6 is 23.2 Å². The summed E-state index contributed by atoms with van der Waals surface area (Å²) in [6, 6.07) is 2.28. The summed E-state index contributed by atoms with van der Waals surface area (Å²) < 4.78 is 19.6. The lowest BCUT2D eigenvalue weighted by atomic mass is 9.95. The van der Waals surface area contributed by atoms with Crippen molar-refractivity contribution in [1.82, 2.24) is 9.55 Å². The Morgan fingerprint density at radius 2 is 1.93 bits per heavy atom. The van der Waals surface area contributed by atoms with Crippen LogP contribution in [0.3, 0.4) is 0 Å². The van der Waals surface area contributed by atoms with E-state index < -0.39 is 0 Å². The first-order chi connectivity index (χ1) is 14.3. The van der Waals surface area contributed by atoms with Gasteiger partial charge in [-0.3, -0.25) is 4.57 Å². The summed E-state index contributed by atoms with van der Waals surface area (Å²) in [4.78, 5) is 15.8. The predicted octanol–water partition coefficient (Wildman–Crippen LogP) is 5.60. The Hall–Kier alpha value is -1.50. The maximum atomic E-state index is 11.2. The van der Waals surface area contributed by atoms with Gasteiger partial charge in [0.2, 0.25) is 0 Å². The smallest absolute Gasteiger partial charge is 0.297 e. The highest BCUT2D eigenvalue weighted by atomic mass is 35.5. The fourth-order valence-corrected chi connectivity index (χ4v) is 4.64. The number of fused-ring (bicyclic) bond motifs is 1. The van der Waals surface area contributed by atoms with E-state index in [2.05, 4.69) is 11.9 Å². The third kappa shape index (κ3) is 5.40. The molecule has 1 aromatic carbocycles. The number of hydrogen-bond donors (Lipinski definition) is 0. The zero-order valence-corrected chi connectivity index (χ0v) is 19.6. The van der Waals surface area contributed by atoms with Crippen molar-refractivity contribution in [2.75, 3.05) is 13.2 Å². The maximum Gasteiger partial charge on any atom is 0.297 e.